The Balaban J connectivity index is 0.000000810. The highest BCUT2D eigenvalue weighted by Gasteiger charge is 2.11. The Kier molecular flexibility index (Phi) is 4.62. The maximum Gasteiger partial charge on any atom is 0.00385 e. The maximum absolute atomic E-state index is 2.56. The molecule has 0 N–H and O–H groups in total. The van der Waals surface area contributed by atoms with Crippen molar-refractivity contribution in [2.24, 2.45) is 0 Å². The second-order valence-electron chi connectivity index (χ2n) is 3.19. The highest BCUT2D eigenvalue weighted by Crippen LogP contribution is 2.10. The molecule has 0 amide bonds. The third-order valence-corrected chi connectivity index (χ3v) is 2.12. The zero-order valence-corrected chi connectivity index (χ0v) is 6.97. The predicted octanol–water partition coefficient (Wildman–Crippen LogP) is 2.03. The van der Waals surface area contributed by atoms with Crippen LogP contribution in [0.4, 0.5) is 4.70 Å². The number of likely N-dealkylation sites (tertiary alicyclic amines) is 1. The molecule has 0 unspecified atom stereocenters. The number of piperidine rings is 1. The minimum Gasteiger partial charge on any atom is -0.301 e. The number of hydrogen-bond donors (Lipinski definition) is 0. The van der Waals surface area contributed by atoms with Crippen molar-refractivity contribution in [2.75, 3.05) is 13.1 Å². The monoisotopic (exact) mass is 147 g/mol. The summed E-state index contributed by atoms with van der Waals surface area (Å²) in [6, 6.07) is 0.769. The summed E-state index contributed by atoms with van der Waals surface area (Å²) in [5.74, 6) is 0. The standard InChI is InChI=1S/C8H17N.FH/c1-8(2)9-6-4-3-5-7-9;/h8H,3-7H2,1-2H3;1H. The van der Waals surface area contributed by atoms with Crippen molar-refractivity contribution in [3.63, 3.8) is 0 Å². The van der Waals surface area contributed by atoms with Crippen LogP contribution in [0.1, 0.15) is 33.1 Å². The van der Waals surface area contributed by atoms with Crippen molar-refractivity contribution >= 4 is 0 Å². The van der Waals surface area contributed by atoms with E-state index in [9.17, 15) is 0 Å². The molecule has 1 fully saturated rings. The van der Waals surface area contributed by atoms with E-state index < -0.39 is 0 Å². The van der Waals surface area contributed by atoms with Crippen LogP contribution in [-0.4, -0.2) is 24.0 Å². The van der Waals surface area contributed by atoms with Gasteiger partial charge in [-0.15, -0.1) is 0 Å². The van der Waals surface area contributed by atoms with Gasteiger partial charge in [-0.2, -0.15) is 0 Å². The van der Waals surface area contributed by atoms with E-state index in [0.29, 0.717) is 0 Å². The fourth-order valence-corrected chi connectivity index (χ4v) is 1.43. The van der Waals surface area contributed by atoms with Crippen molar-refractivity contribution in [1.29, 1.82) is 0 Å². The van der Waals surface area contributed by atoms with Crippen molar-refractivity contribution in [2.45, 2.75) is 39.2 Å². The Morgan fingerprint density at radius 3 is 1.80 bits per heavy atom. The minimum atomic E-state index is 0. The summed E-state index contributed by atoms with van der Waals surface area (Å²) in [6.07, 6.45) is 4.28. The molecule has 0 atom stereocenters. The van der Waals surface area contributed by atoms with Gasteiger partial charge < -0.3 is 4.90 Å². The molecule has 62 valence electrons. The van der Waals surface area contributed by atoms with Crippen molar-refractivity contribution < 1.29 is 4.70 Å². The summed E-state index contributed by atoms with van der Waals surface area (Å²) < 4.78 is 0. The Morgan fingerprint density at radius 2 is 1.50 bits per heavy atom. The van der Waals surface area contributed by atoms with Gasteiger partial charge in [-0.1, -0.05) is 6.42 Å². The highest BCUT2D eigenvalue weighted by molar-refractivity contribution is 4.67. The normalized spacial score (nSPS) is 20.7. The fourth-order valence-electron chi connectivity index (χ4n) is 1.43. The molecule has 1 rings (SSSR count). The van der Waals surface area contributed by atoms with E-state index >= 15 is 0 Å². The minimum absolute atomic E-state index is 0. The zero-order valence-electron chi connectivity index (χ0n) is 6.97. The van der Waals surface area contributed by atoms with Gasteiger partial charge in [0.2, 0.25) is 0 Å². The molecule has 10 heavy (non-hydrogen) atoms. The van der Waals surface area contributed by atoms with Crippen LogP contribution in [0.3, 0.4) is 0 Å². The van der Waals surface area contributed by atoms with Gasteiger partial charge in [0.25, 0.3) is 0 Å². The Hall–Kier alpha value is -0.110. The van der Waals surface area contributed by atoms with Gasteiger partial charge in [0.15, 0.2) is 0 Å². The van der Waals surface area contributed by atoms with E-state index in [2.05, 4.69) is 18.7 Å². The van der Waals surface area contributed by atoms with Crippen molar-refractivity contribution in [3.8, 4) is 0 Å². The van der Waals surface area contributed by atoms with E-state index in [0.717, 1.165) is 6.04 Å². The number of nitrogens with zero attached hydrogens (tertiary/aromatic N) is 1. The molecule has 1 saturated heterocycles. The molecule has 0 saturated carbocycles. The largest absolute Gasteiger partial charge is 0.301 e. The Bertz CT molecular complexity index is 77.3. The molecule has 1 nitrogen and oxygen atoms in total. The molecule has 0 bridgehead atoms. The Labute approximate surface area is 62.8 Å². The second kappa shape index (κ2) is 4.67. The molecule has 0 aromatic rings. The van der Waals surface area contributed by atoms with Crippen molar-refractivity contribution in [3.05, 3.63) is 0 Å². The topological polar surface area (TPSA) is 3.24 Å². The molecule has 0 radical (unpaired) electrons. The summed E-state index contributed by atoms with van der Waals surface area (Å²) >= 11 is 0. The lowest BCUT2D eigenvalue weighted by Gasteiger charge is -2.29. The van der Waals surface area contributed by atoms with Crippen LogP contribution >= 0.6 is 0 Å². The van der Waals surface area contributed by atoms with Crippen LogP contribution in [0, 0.1) is 0 Å². The van der Waals surface area contributed by atoms with E-state index in [1.165, 1.54) is 32.4 Å². The number of halogens is 1. The maximum atomic E-state index is 2.56. The molecule has 1 heterocycles. The lowest BCUT2D eigenvalue weighted by Crippen LogP contribution is -2.35. The molecule has 2 heteroatoms. The molecule has 0 aliphatic carbocycles. The lowest BCUT2D eigenvalue weighted by molar-refractivity contribution is 0.185. The summed E-state index contributed by atoms with van der Waals surface area (Å²) in [5, 5.41) is 0. The van der Waals surface area contributed by atoms with Crippen LogP contribution in [0.15, 0.2) is 0 Å². The van der Waals surface area contributed by atoms with E-state index in [1.807, 2.05) is 0 Å². The first-order valence-electron chi connectivity index (χ1n) is 4.05. The summed E-state index contributed by atoms with van der Waals surface area (Å²) in [5.41, 5.74) is 0. The van der Waals surface area contributed by atoms with Crippen molar-refractivity contribution in [1.82, 2.24) is 4.90 Å². The van der Waals surface area contributed by atoms with Crippen LogP contribution < -0.4 is 0 Å². The molecule has 0 aromatic heterocycles. The van der Waals surface area contributed by atoms with Gasteiger partial charge in [-0.3, -0.25) is 4.70 Å². The molecular formula is C8H18FN. The average Bonchev–Trinajstić information content (AvgIpc) is 1.90. The quantitative estimate of drug-likeness (QED) is 0.548. The third kappa shape index (κ3) is 2.65. The van der Waals surface area contributed by atoms with E-state index in [1.54, 1.807) is 0 Å². The molecule has 0 aromatic carbocycles. The van der Waals surface area contributed by atoms with Gasteiger partial charge in [-0.25, -0.2) is 0 Å². The van der Waals surface area contributed by atoms with E-state index in [4.69, 9.17) is 0 Å². The predicted molar refractivity (Wildman–Crippen MR) is 43.1 cm³/mol. The first-order chi connectivity index (χ1) is 4.30. The third-order valence-electron chi connectivity index (χ3n) is 2.12. The van der Waals surface area contributed by atoms with Gasteiger partial charge >= 0.3 is 0 Å². The molecule has 1 aliphatic rings. The van der Waals surface area contributed by atoms with Gasteiger partial charge in [0, 0.05) is 6.04 Å². The number of hydrogen-bond acceptors (Lipinski definition) is 1. The Morgan fingerprint density at radius 1 is 1.00 bits per heavy atom. The molecule has 0 spiro atoms. The van der Waals surface area contributed by atoms with Crippen LogP contribution in [0.5, 0.6) is 0 Å². The number of rotatable bonds is 1. The van der Waals surface area contributed by atoms with E-state index in [-0.39, 0.29) is 4.70 Å². The lowest BCUT2D eigenvalue weighted by atomic mass is 10.1. The van der Waals surface area contributed by atoms with Gasteiger partial charge in [0.05, 0.1) is 0 Å². The SMILES string of the molecule is CC(C)N1CCCCC1.F. The van der Waals surface area contributed by atoms with Gasteiger partial charge in [-0.05, 0) is 39.8 Å². The smallest absolute Gasteiger partial charge is 0.00385 e. The summed E-state index contributed by atoms with van der Waals surface area (Å²) in [6.45, 7) is 7.23. The van der Waals surface area contributed by atoms with Crippen LogP contribution in [-0.2, 0) is 0 Å². The zero-order chi connectivity index (χ0) is 6.69. The summed E-state index contributed by atoms with van der Waals surface area (Å²) in [4.78, 5) is 2.56. The van der Waals surface area contributed by atoms with Crippen LogP contribution in [0.25, 0.3) is 0 Å². The average molecular weight is 147 g/mol. The second-order valence-corrected chi connectivity index (χ2v) is 3.19. The molecule has 1 aliphatic heterocycles. The van der Waals surface area contributed by atoms with Gasteiger partial charge in [0.1, 0.15) is 0 Å². The first kappa shape index (κ1) is 9.89. The fraction of sp³-hybridized carbons (Fsp3) is 1.00. The first-order valence-corrected chi connectivity index (χ1v) is 4.05. The van der Waals surface area contributed by atoms with Crippen LogP contribution in [0.2, 0.25) is 0 Å². The highest BCUT2D eigenvalue weighted by atomic mass is 19.0. The summed E-state index contributed by atoms with van der Waals surface area (Å²) in [7, 11) is 0. The molecular weight excluding hydrogens is 129 g/mol.